The predicted octanol–water partition coefficient (Wildman–Crippen LogP) is 1.98. The molecule has 1 aromatic carbocycles. The maximum Gasteiger partial charge on any atom is 0.416 e. The van der Waals surface area contributed by atoms with Crippen LogP contribution >= 0.6 is 12.2 Å². The van der Waals surface area contributed by atoms with Gasteiger partial charge in [-0.1, -0.05) is 6.07 Å². The van der Waals surface area contributed by atoms with E-state index < -0.39 is 21.8 Å². The SMILES string of the molecule is CS(=O)(=O)N1CCN(C(=S)Nc2cccc(C(F)(F)F)c2)CC1. The Morgan fingerprint density at radius 2 is 1.83 bits per heavy atom. The minimum atomic E-state index is -4.42. The number of rotatable bonds is 2. The first kappa shape index (κ1) is 18.0. The largest absolute Gasteiger partial charge is 0.416 e. The third kappa shape index (κ3) is 4.79. The molecule has 0 unspecified atom stereocenters. The molecule has 1 heterocycles. The van der Waals surface area contributed by atoms with E-state index in [4.69, 9.17) is 12.2 Å². The zero-order valence-electron chi connectivity index (χ0n) is 12.3. The van der Waals surface area contributed by atoms with E-state index in [0.29, 0.717) is 26.2 Å². The molecule has 0 aromatic heterocycles. The summed E-state index contributed by atoms with van der Waals surface area (Å²) in [5, 5.41) is 3.04. The van der Waals surface area contributed by atoms with Crippen molar-refractivity contribution in [1.82, 2.24) is 9.21 Å². The summed E-state index contributed by atoms with van der Waals surface area (Å²) >= 11 is 5.19. The van der Waals surface area contributed by atoms with Crippen molar-refractivity contribution in [3.05, 3.63) is 29.8 Å². The monoisotopic (exact) mass is 367 g/mol. The highest BCUT2D eigenvalue weighted by molar-refractivity contribution is 7.88. The molecule has 1 fully saturated rings. The van der Waals surface area contributed by atoms with Crippen LogP contribution in [0.1, 0.15) is 5.56 Å². The molecule has 1 aromatic rings. The summed E-state index contributed by atoms with van der Waals surface area (Å²) in [6, 6.07) is 4.77. The smallest absolute Gasteiger partial charge is 0.346 e. The fraction of sp³-hybridized carbons (Fsp3) is 0.462. The van der Waals surface area contributed by atoms with Gasteiger partial charge < -0.3 is 10.2 Å². The Kier molecular flexibility index (Phi) is 5.17. The standard InChI is InChI=1S/C13H16F3N3O2S2/c1-23(20,21)19-7-5-18(6-8-19)12(22)17-11-4-2-3-10(9-11)13(14,15)16/h2-4,9H,5-8H2,1H3,(H,17,22). The lowest BCUT2D eigenvalue weighted by Gasteiger charge is -2.34. The first-order chi connectivity index (χ1) is 10.6. The minimum Gasteiger partial charge on any atom is -0.346 e. The molecule has 1 N–H and O–H groups in total. The maximum atomic E-state index is 12.7. The van der Waals surface area contributed by atoms with Crippen LogP contribution in [0.4, 0.5) is 18.9 Å². The van der Waals surface area contributed by atoms with E-state index in [9.17, 15) is 21.6 Å². The molecule has 1 aliphatic heterocycles. The molecule has 128 valence electrons. The van der Waals surface area contributed by atoms with Gasteiger partial charge in [0.25, 0.3) is 0 Å². The van der Waals surface area contributed by atoms with E-state index in [1.807, 2.05) is 0 Å². The van der Waals surface area contributed by atoms with E-state index in [2.05, 4.69) is 5.32 Å². The Labute approximate surface area is 138 Å². The van der Waals surface area contributed by atoms with Crippen LogP contribution in [0.2, 0.25) is 0 Å². The van der Waals surface area contributed by atoms with Gasteiger partial charge >= 0.3 is 6.18 Å². The summed E-state index contributed by atoms with van der Waals surface area (Å²) in [5.74, 6) is 0. The highest BCUT2D eigenvalue weighted by Crippen LogP contribution is 2.30. The molecule has 0 radical (unpaired) electrons. The van der Waals surface area contributed by atoms with Crippen molar-refractivity contribution in [2.45, 2.75) is 6.18 Å². The van der Waals surface area contributed by atoms with Crippen molar-refractivity contribution < 1.29 is 21.6 Å². The van der Waals surface area contributed by atoms with E-state index in [-0.39, 0.29) is 10.8 Å². The van der Waals surface area contributed by atoms with Gasteiger partial charge in [0, 0.05) is 31.9 Å². The molecule has 2 rings (SSSR count). The molecule has 0 amide bonds. The number of thiocarbonyl (C=S) groups is 1. The van der Waals surface area contributed by atoms with Crippen LogP contribution in [0.15, 0.2) is 24.3 Å². The third-order valence-electron chi connectivity index (χ3n) is 3.44. The second-order valence-electron chi connectivity index (χ2n) is 5.16. The lowest BCUT2D eigenvalue weighted by Crippen LogP contribution is -2.51. The number of piperazine rings is 1. The van der Waals surface area contributed by atoms with Crippen molar-refractivity contribution in [2.24, 2.45) is 0 Å². The number of hydrogen-bond acceptors (Lipinski definition) is 3. The first-order valence-corrected chi connectivity index (χ1v) is 9.01. The van der Waals surface area contributed by atoms with Gasteiger partial charge in [-0.15, -0.1) is 0 Å². The Bertz CT molecular complexity index is 684. The van der Waals surface area contributed by atoms with Crippen LogP contribution in [-0.4, -0.2) is 55.2 Å². The summed E-state index contributed by atoms with van der Waals surface area (Å²) in [4.78, 5) is 1.73. The average molecular weight is 367 g/mol. The first-order valence-electron chi connectivity index (χ1n) is 6.76. The normalized spacial score (nSPS) is 17.1. The van der Waals surface area contributed by atoms with Crippen LogP contribution in [0.25, 0.3) is 0 Å². The lowest BCUT2D eigenvalue weighted by molar-refractivity contribution is -0.137. The molecule has 5 nitrogen and oxygen atoms in total. The van der Waals surface area contributed by atoms with Crippen LogP contribution in [0.5, 0.6) is 0 Å². The molecule has 0 spiro atoms. The van der Waals surface area contributed by atoms with E-state index >= 15 is 0 Å². The molecule has 23 heavy (non-hydrogen) atoms. The topological polar surface area (TPSA) is 52.7 Å². The van der Waals surface area contributed by atoms with E-state index in [1.165, 1.54) is 16.4 Å². The number of sulfonamides is 1. The second-order valence-corrected chi connectivity index (χ2v) is 7.53. The van der Waals surface area contributed by atoms with Gasteiger partial charge in [0.2, 0.25) is 10.0 Å². The summed E-state index contributed by atoms with van der Waals surface area (Å²) in [7, 11) is -3.24. The molecule has 0 aliphatic carbocycles. The molecule has 0 saturated carbocycles. The lowest BCUT2D eigenvalue weighted by atomic mass is 10.2. The number of anilines is 1. The minimum absolute atomic E-state index is 0.246. The average Bonchev–Trinajstić information content (AvgIpc) is 2.46. The second kappa shape index (κ2) is 6.62. The fourth-order valence-electron chi connectivity index (χ4n) is 2.20. The van der Waals surface area contributed by atoms with Crippen molar-refractivity contribution in [3.8, 4) is 0 Å². The highest BCUT2D eigenvalue weighted by atomic mass is 32.2. The third-order valence-corrected chi connectivity index (χ3v) is 5.10. The van der Waals surface area contributed by atoms with Gasteiger partial charge in [-0.2, -0.15) is 17.5 Å². The van der Waals surface area contributed by atoms with Crippen molar-refractivity contribution in [2.75, 3.05) is 37.8 Å². The molecule has 10 heteroatoms. The molecule has 1 aliphatic rings. The predicted molar refractivity (Wildman–Crippen MR) is 85.7 cm³/mol. The van der Waals surface area contributed by atoms with Crippen LogP contribution in [0, 0.1) is 0 Å². The molecule has 0 atom stereocenters. The Balaban J connectivity index is 1.98. The number of nitrogens with zero attached hydrogens (tertiary/aromatic N) is 2. The van der Waals surface area contributed by atoms with Gasteiger partial charge in [0.1, 0.15) is 0 Å². The van der Waals surface area contributed by atoms with Crippen LogP contribution in [0.3, 0.4) is 0 Å². The van der Waals surface area contributed by atoms with Gasteiger partial charge in [-0.25, -0.2) is 8.42 Å². The number of benzene rings is 1. The van der Waals surface area contributed by atoms with E-state index in [1.54, 1.807) is 4.90 Å². The summed E-state index contributed by atoms with van der Waals surface area (Å²) in [6.07, 6.45) is -3.28. The zero-order valence-corrected chi connectivity index (χ0v) is 13.9. The highest BCUT2D eigenvalue weighted by Gasteiger charge is 2.30. The Hall–Kier alpha value is -1.39. The van der Waals surface area contributed by atoms with Gasteiger partial charge in [-0.05, 0) is 30.4 Å². The van der Waals surface area contributed by atoms with Crippen molar-refractivity contribution >= 4 is 33.0 Å². The Morgan fingerprint density at radius 3 is 2.35 bits per heavy atom. The van der Waals surface area contributed by atoms with Gasteiger partial charge in [-0.3, -0.25) is 0 Å². The summed E-state index contributed by atoms with van der Waals surface area (Å²) < 4.78 is 62.3. The Morgan fingerprint density at radius 1 is 1.22 bits per heavy atom. The number of nitrogens with one attached hydrogen (secondary N) is 1. The number of alkyl halides is 3. The number of halogens is 3. The van der Waals surface area contributed by atoms with Gasteiger partial charge in [0.15, 0.2) is 5.11 Å². The van der Waals surface area contributed by atoms with Crippen molar-refractivity contribution in [1.29, 1.82) is 0 Å². The number of hydrogen-bond donors (Lipinski definition) is 1. The maximum absolute atomic E-state index is 12.7. The molecular formula is C13H16F3N3O2S2. The quantitative estimate of drug-likeness (QED) is 0.810. The molecule has 0 bridgehead atoms. The summed E-state index contributed by atoms with van der Waals surface area (Å²) in [5.41, 5.74) is -0.512. The zero-order chi connectivity index (χ0) is 17.3. The molecule has 1 saturated heterocycles. The van der Waals surface area contributed by atoms with Crippen LogP contribution in [-0.2, 0) is 16.2 Å². The fourth-order valence-corrected chi connectivity index (χ4v) is 3.33. The van der Waals surface area contributed by atoms with Gasteiger partial charge in [0.05, 0.1) is 11.8 Å². The summed E-state index contributed by atoms with van der Waals surface area (Å²) in [6.45, 7) is 1.36. The molecular weight excluding hydrogens is 351 g/mol. The van der Waals surface area contributed by atoms with E-state index in [0.717, 1.165) is 18.4 Å². The van der Waals surface area contributed by atoms with Crippen molar-refractivity contribution in [3.63, 3.8) is 0 Å². The van der Waals surface area contributed by atoms with Crippen LogP contribution < -0.4 is 5.32 Å².